The van der Waals surface area contributed by atoms with E-state index >= 15 is 0 Å². The Labute approximate surface area is 166 Å². The van der Waals surface area contributed by atoms with E-state index in [-0.39, 0.29) is 24.7 Å². The summed E-state index contributed by atoms with van der Waals surface area (Å²) < 4.78 is 6.27. The maximum atomic E-state index is 12.5. The first-order valence-corrected chi connectivity index (χ1v) is 9.52. The van der Waals surface area contributed by atoms with Crippen LogP contribution in [0.4, 0.5) is 5.69 Å². The minimum Gasteiger partial charge on any atom is -0.454 e. The van der Waals surface area contributed by atoms with Crippen LogP contribution < -0.4 is 4.90 Å². The van der Waals surface area contributed by atoms with Crippen molar-refractivity contribution in [3.63, 3.8) is 0 Å². The van der Waals surface area contributed by atoms with Crippen LogP contribution in [0, 0.1) is 12.8 Å². The summed E-state index contributed by atoms with van der Waals surface area (Å²) in [6.45, 7) is 3.75. The van der Waals surface area contributed by atoms with E-state index < -0.39 is 18.0 Å². The Balaban J connectivity index is 1.62. The number of anilines is 1. The van der Waals surface area contributed by atoms with Gasteiger partial charge in [-0.25, -0.2) is 0 Å². The lowest BCUT2D eigenvalue weighted by atomic mass is 10.1. The van der Waals surface area contributed by atoms with Crippen molar-refractivity contribution in [2.45, 2.75) is 26.4 Å². The molecule has 6 heteroatoms. The van der Waals surface area contributed by atoms with Crippen LogP contribution in [0.25, 0.3) is 0 Å². The monoisotopic (exact) mass is 429 g/mol. The second-order valence-electron chi connectivity index (χ2n) is 6.69. The largest absolute Gasteiger partial charge is 0.454 e. The molecule has 1 fully saturated rings. The van der Waals surface area contributed by atoms with Gasteiger partial charge in [-0.15, -0.1) is 0 Å². The fraction of sp³-hybridized carbons (Fsp3) is 0.286. The topological polar surface area (TPSA) is 63.7 Å². The number of nitrogens with zero attached hydrogens (tertiary/aromatic N) is 1. The van der Waals surface area contributed by atoms with Gasteiger partial charge < -0.3 is 9.64 Å². The number of carbonyl (C=O) groups excluding carboxylic acids is 3. The Morgan fingerprint density at radius 1 is 1.11 bits per heavy atom. The molecule has 2 unspecified atom stereocenters. The Kier molecular flexibility index (Phi) is 5.75. The third kappa shape index (κ3) is 4.45. The van der Waals surface area contributed by atoms with Crippen molar-refractivity contribution in [1.29, 1.82) is 0 Å². The standard InChI is InChI=1S/C21H20BrNO4/c1-13-3-5-15(6-4-13)20(25)14(2)27-21(26)16-11-19(24)23(12-16)18-9-7-17(22)8-10-18/h3-10,14,16H,11-12H2,1-2H3. The number of hydrogen-bond acceptors (Lipinski definition) is 4. The molecule has 2 aromatic carbocycles. The Morgan fingerprint density at radius 3 is 2.37 bits per heavy atom. The Hall–Kier alpha value is -2.47. The van der Waals surface area contributed by atoms with Gasteiger partial charge in [0.15, 0.2) is 6.10 Å². The van der Waals surface area contributed by atoms with Gasteiger partial charge in [0.1, 0.15) is 0 Å². The Bertz CT molecular complexity index is 861. The summed E-state index contributed by atoms with van der Waals surface area (Å²) >= 11 is 3.36. The van der Waals surface area contributed by atoms with Crippen LogP contribution in [-0.4, -0.2) is 30.3 Å². The van der Waals surface area contributed by atoms with Crippen LogP contribution in [0.2, 0.25) is 0 Å². The van der Waals surface area contributed by atoms with Crippen molar-refractivity contribution in [2.24, 2.45) is 5.92 Å². The minimum absolute atomic E-state index is 0.0837. The quantitative estimate of drug-likeness (QED) is 0.533. The van der Waals surface area contributed by atoms with E-state index in [0.29, 0.717) is 5.56 Å². The molecule has 140 valence electrons. The number of ether oxygens (including phenoxy) is 1. The average molecular weight is 430 g/mol. The van der Waals surface area contributed by atoms with Crippen LogP contribution in [0.5, 0.6) is 0 Å². The lowest BCUT2D eigenvalue weighted by Crippen LogP contribution is -2.30. The lowest BCUT2D eigenvalue weighted by molar-refractivity contribution is -0.151. The van der Waals surface area contributed by atoms with E-state index in [4.69, 9.17) is 4.74 Å². The number of aryl methyl sites for hydroxylation is 1. The molecular weight excluding hydrogens is 410 g/mol. The second-order valence-corrected chi connectivity index (χ2v) is 7.61. The molecule has 0 radical (unpaired) electrons. The fourth-order valence-corrected chi connectivity index (χ4v) is 3.28. The van der Waals surface area contributed by atoms with Crippen molar-refractivity contribution in [3.05, 3.63) is 64.1 Å². The zero-order valence-electron chi connectivity index (χ0n) is 15.1. The normalized spacial score (nSPS) is 17.7. The van der Waals surface area contributed by atoms with Gasteiger partial charge in [-0.2, -0.15) is 0 Å². The molecule has 5 nitrogen and oxygen atoms in total. The number of amides is 1. The smallest absolute Gasteiger partial charge is 0.312 e. The molecule has 1 aliphatic rings. The van der Waals surface area contributed by atoms with E-state index in [0.717, 1.165) is 15.7 Å². The first kappa shape index (κ1) is 19.3. The number of esters is 1. The summed E-state index contributed by atoms with van der Waals surface area (Å²) in [6, 6.07) is 14.4. The maximum Gasteiger partial charge on any atom is 0.312 e. The molecule has 1 saturated heterocycles. The number of benzene rings is 2. The molecule has 0 saturated carbocycles. The maximum absolute atomic E-state index is 12.5. The van der Waals surface area contributed by atoms with Gasteiger partial charge in [0.25, 0.3) is 0 Å². The number of hydrogen-bond donors (Lipinski definition) is 0. The molecule has 27 heavy (non-hydrogen) atoms. The molecular formula is C21H20BrNO4. The molecule has 1 heterocycles. The number of ketones is 1. The van der Waals surface area contributed by atoms with Gasteiger partial charge in [0.2, 0.25) is 11.7 Å². The van der Waals surface area contributed by atoms with E-state index in [1.54, 1.807) is 24.0 Å². The molecule has 0 N–H and O–H groups in total. The van der Waals surface area contributed by atoms with Gasteiger partial charge in [-0.1, -0.05) is 45.8 Å². The number of Topliss-reactive ketones (excluding diaryl/α,β-unsaturated/α-hetero) is 1. The predicted octanol–water partition coefficient (Wildman–Crippen LogP) is 3.93. The third-order valence-electron chi connectivity index (χ3n) is 4.59. The highest BCUT2D eigenvalue weighted by atomic mass is 79.9. The second kappa shape index (κ2) is 8.05. The highest BCUT2D eigenvalue weighted by Gasteiger charge is 2.37. The minimum atomic E-state index is -0.892. The van der Waals surface area contributed by atoms with Crippen molar-refractivity contribution in [3.8, 4) is 0 Å². The SMILES string of the molecule is Cc1ccc(C(=O)C(C)OC(=O)C2CC(=O)N(c3ccc(Br)cc3)C2)cc1. The van der Waals surface area contributed by atoms with Crippen LogP contribution in [0.1, 0.15) is 29.3 Å². The molecule has 1 amide bonds. The molecule has 0 aromatic heterocycles. The van der Waals surface area contributed by atoms with E-state index in [1.165, 1.54) is 0 Å². The first-order chi connectivity index (χ1) is 12.8. The summed E-state index contributed by atoms with van der Waals surface area (Å²) in [5.74, 6) is -1.47. The highest BCUT2D eigenvalue weighted by molar-refractivity contribution is 9.10. The van der Waals surface area contributed by atoms with Gasteiger partial charge in [0, 0.05) is 28.7 Å². The van der Waals surface area contributed by atoms with Crippen molar-refractivity contribution in [2.75, 3.05) is 11.4 Å². The van der Waals surface area contributed by atoms with Gasteiger partial charge in [0.05, 0.1) is 5.92 Å². The number of halogens is 1. The first-order valence-electron chi connectivity index (χ1n) is 8.72. The molecule has 0 aliphatic carbocycles. The molecule has 0 bridgehead atoms. The molecule has 3 rings (SSSR count). The van der Waals surface area contributed by atoms with Gasteiger partial charge in [-0.3, -0.25) is 14.4 Å². The van der Waals surface area contributed by atoms with Crippen LogP contribution in [0.15, 0.2) is 53.0 Å². The third-order valence-corrected chi connectivity index (χ3v) is 5.12. The van der Waals surface area contributed by atoms with Crippen LogP contribution >= 0.6 is 15.9 Å². The average Bonchev–Trinajstić information content (AvgIpc) is 3.04. The zero-order valence-corrected chi connectivity index (χ0v) is 16.7. The number of rotatable bonds is 5. The summed E-state index contributed by atoms with van der Waals surface area (Å²) in [4.78, 5) is 38.8. The van der Waals surface area contributed by atoms with Crippen LogP contribution in [-0.2, 0) is 14.3 Å². The zero-order chi connectivity index (χ0) is 19.6. The van der Waals surface area contributed by atoms with Crippen molar-refractivity contribution < 1.29 is 19.1 Å². The predicted molar refractivity (Wildman–Crippen MR) is 106 cm³/mol. The summed E-state index contributed by atoms with van der Waals surface area (Å²) in [7, 11) is 0. The summed E-state index contributed by atoms with van der Waals surface area (Å²) in [5, 5.41) is 0. The lowest BCUT2D eigenvalue weighted by Gasteiger charge is -2.18. The summed E-state index contributed by atoms with van der Waals surface area (Å²) in [6.07, 6.45) is -0.808. The molecule has 1 aliphatic heterocycles. The summed E-state index contributed by atoms with van der Waals surface area (Å²) in [5.41, 5.74) is 2.29. The molecule has 2 atom stereocenters. The Morgan fingerprint density at radius 2 is 1.74 bits per heavy atom. The van der Waals surface area contributed by atoms with E-state index in [2.05, 4.69) is 15.9 Å². The van der Waals surface area contributed by atoms with Gasteiger partial charge >= 0.3 is 5.97 Å². The number of carbonyl (C=O) groups is 3. The van der Waals surface area contributed by atoms with Crippen molar-refractivity contribution in [1.82, 2.24) is 0 Å². The van der Waals surface area contributed by atoms with Crippen molar-refractivity contribution >= 4 is 39.3 Å². The van der Waals surface area contributed by atoms with E-state index in [9.17, 15) is 14.4 Å². The van der Waals surface area contributed by atoms with Crippen LogP contribution in [0.3, 0.4) is 0 Å². The molecule has 2 aromatic rings. The molecule has 0 spiro atoms. The highest BCUT2D eigenvalue weighted by Crippen LogP contribution is 2.27. The van der Waals surface area contributed by atoms with Gasteiger partial charge in [-0.05, 0) is 38.1 Å². The van der Waals surface area contributed by atoms with E-state index in [1.807, 2.05) is 43.3 Å². The fourth-order valence-electron chi connectivity index (χ4n) is 3.01.